The van der Waals surface area contributed by atoms with E-state index >= 15 is 0 Å². The number of pyridine rings is 1. The van der Waals surface area contributed by atoms with Crippen molar-refractivity contribution < 1.29 is 9.15 Å². The maximum absolute atomic E-state index is 6.05. The first-order valence-corrected chi connectivity index (χ1v) is 9.08. The average molecular weight is 380 g/mol. The van der Waals surface area contributed by atoms with Gasteiger partial charge in [0.05, 0.1) is 18.1 Å². The molecule has 5 rings (SSSR count). The number of oxazole rings is 1. The summed E-state index contributed by atoms with van der Waals surface area (Å²) in [5.41, 5.74) is 3.86. The second kappa shape index (κ2) is 7.44. The third kappa shape index (κ3) is 3.64. The Bertz CT molecular complexity index is 1230. The molecule has 0 saturated carbocycles. The molecule has 0 fully saturated rings. The summed E-state index contributed by atoms with van der Waals surface area (Å²) >= 11 is 0. The summed E-state index contributed by atoms with van der Waals surface area (Å²) in [5, 5.41) is 4.48. The molecule has 6 nitrogen and oxygen atoms in total. The largest absolute Gasteiger partial charge is 0.457 e. The molecule has 3 heterocycles. The predicted molar refractivity (Wildman–Crippen MR) is 109 cm³/mol. The van der Waals surface area contributed by atoms with Crippen molar-refractivity contribution in [1.29, 1.82) is 0 Å². The number of rotatable bonds is 5. The Morgan fingerprint density at radius 2 is 1.62 bits per heavy atom. The molecule has 5 aromatic rings. The van der Waals surface area contributed by atoms with Gasteiger partial charge in [-0.1, -0.05) is 12.1 Å². The Balaban J connectivity index is 1.40. The van der Waals surface area contributed by atoms with Gasteiger partial charge in [0.25, 0.3) is 0 Å². The molecule has 0 bridgehead atoms. The van der Waals surface area contributed by atoms with Crippen LogP contribution in [0.15, 0.2) is 102 Å². The topological polar surface area (TPSA) is 66.0 Å². The van der Waals surface area contributed by atoms with Crippen LogP contribution in [-0.2, 0) is 0 Å². The Morgan fingerprint density at radius 3 is 2.45 bits per heavy atom. The lowest BCUT2D eigenvalue weighted by molar-refractivity contribution is 0.482. The Morgan fingerprint density at radius 1 is 0.793 bits per heavy atom. The van der Waals surface area contributed by atoms with Gasteiger partial charge in [0, 0.05) is 35.8 Å². The summed E-state index contributed by atoms with van der Waals surface area (Å²) < 4.78 is 13.2. The van der Waals surface area contributed by atoms with E-state index in [1.165, 1.54) is 0 Å². The quantitative estimate of drug-likeness (QED) is 0.409. The van der Waals surface area contributed by atoms with Crippen molar-refractivity contribution in [3.05, 3.63) is 97.9 Å². The minimum atomic E-state index is 0.560. The van der Waals surface area contributed by atoms with Crippen LogP contribution in [0, 0.1) is 0 Å². The van der Waals surface area contributed by atoms with Gasteiger partial charge in [-0.2, -0.15) is 5.10 Å². The van der Waals surface area contributed by atoms with Gasteiger partial charge in [-0.05, 0) is 48.0 Å². The fourth-order valence-electron chi connectivity index (χ4n) is 3.04. The van der Waals surface area contributed by atoms with E-state index in [1.54, 1.807) is 24.9 Å². The molecule has 0 spiro atoms. The molecule has 0 aliphatic carbocycles. The van der Waals surface area contributed by atoms with E-state index in [2.05, 4.69) is 15.1 Å². The molecule has 0 radical (unpaired) electrons. The first-order valence-electron chi connectivity index (χ1n) is 9.08. The van der Waals surface area contributed by atoms with E-state index in [9.17, 15) is 0 Å². The summed E-state index contributed by atoms with van der Waals surface area (Å²) in [7, 11) is 0. The van der Waals surface area contributed by atoms with E-state index in [0.717, 1.165) is 22.4 Å². The van der Waals surface area contributed by atoms with Gasteiger partial charge in [-0.25, -0.2) is 9.67 Å². The van der Waals surface area contributed by atoms with E-state index in [1.807, 2.05) is 77.7 Å². The summed E-state index contributed by atoms with van der Waals surface area (Å²) in [6.07, 6.45) is 10.5. The van der Waals surface area contributed by atoms with Crippen molar-refractivity contribution in [1.82, 2.24) is 19.7 Å². The van der Waals surface area contributed by atoms with Gasteiger partial charge >= 0.3 is 0 Å². The molecular formula is C23H16N4O2. The fraction of sp³-hybridized carbons (Fsp3) is 0. The van der Waals surface area contributed by atoms with Crippen LogP contribution in [0.25, 0.3) is 28.3 Å². The van der Waals surface area contributed by atoms with Gasteiger partial charge in [0.1, 0.15) is 17.8 Å². The van der Waals surface area contributed by atoms with Crippen molar-refractivity contribution >= 4 is 0 Å². The molecule has 0 unspecified atom stereocenters. The Labute approximate surface area is 167 Å². The summed E-state index contributed by atoms with van der Waals surface area (Å²) in [4.78, 5) is 8.23. The third-order valence-corrected chi connectivity index (χ3v) is 4.43. The van der Waals surface area contributed by atoms with Crippen LogP contribution in [-0.4, -0.2) is 19.7 Å². The lowest BCUT2D eigenvalue weighted by Gasteiger charge is -2.08. The number of nitrogens with zero attached hydrogens (tertiary/aromatic N) is 4. The van der Waals surface area contributed by atoms with Crippen LogP contribution in [0.3, 0.4) is 0 Å². The van der Waals surface area contributed by atoms with Crippen LogP contribution < -0.4 is 4.74 Å². The molecule has 2 aromatic carbocycles. The van der Waals surface area contributed by atoms with Crippen molar-refractivity contribution in [2.75, 3.05) is 0 Å². The number of hydrogen-bond acceptors (Lipinski definition) is 5. The highest BCUT2D eigenvalue weighted by molar-refractivity contribution is 5.61. The summed E-state index contributed by atoms with van der Waals surface area (Å²) in [5.74, 6) is 1.98. The molecule has 0 atom stereocenters. The smallest absolute Gasteiger partial charge is 0.225 e. The zero-order valence-corrected chi connectivity index (χ0v) is 15.3. The molecule has 0 amide bonds. The fourth-order valence-corrected chi connectivity index (χ4v) is 3.04. The SMILES string of the molecule is c1cc(Oc2cccc(-n3cc(-c4ccncc4)cn3)c2)cc(-c2ncco2)c1. The average Bonchev–Trinajstić information content (AvgIpc) is 3.47. The van der Waals surface area contributed by atoms with Gasteiger partial charge < -0.3 is 9.15 Å². The highest BCUT2D eigenvalue weighted by Crippen LogP contribution is 2.28. The lowest BCUT2D eigenvalue weighted by atomic mass is 10.1. The van der Waals surface area contributed by atoms with Gasteiger partial charge in [0.15, 0.2) is 0 Å². The zero-order valence-electron chi connectivity index (χ0n) is 15.3. The molecule has 0 aliphatic heterocycles. The molecule has 0 saturated heterocycles. The predicted octanol–water partition coefficient (Wildman–Crippen LogP) is 5.38. The van der Waals surface area contributed by atoms with E-state index < -0.39 is 0 Å². The minimum absolute atomic E-state index is 0.560. The minimum Gasteiger partial charge on any atom is -0.457 e. The van der Waals surface area contributed by atoms with Gasteiger partial charge in [-0.3, -0.25) is 4.98 Å². The van der Waals surface area contributed by atoms with Crippen LogP contribution in [0.1, 0.15) is 0 Å². The van der Waals surface area contributed by atoms with Crippen molar-refractivity contribution in [2.24, 2.45) is 0 Å². The molecule has 140 valence electrons. The molecule has 29 heavy (non-hydrogen) atoms. The van der Waals surface area contributed by atoms with Crippen LogP contribution in [0.4, 0.5) is 0 Å². The molecule has 3 aromatic heterocycles. The van der Waals surface area contributed by atoms with Crippen molar-refractivity contribution in [2.45, 2.75) is 0 Å². The zero-order chi connectivity index (χ0) is 19.5. The Kier molecular flexibility index (Phi) is 4.35. The van der Waals surface area contributed by atoms with E-state index in [0.29, 0.717) is 17.4 Å². The first-order chi connectivity index (χ1) is 14.3. The highest BCUT2D eigenvalue weighted by Gasteiger charge is 2.07. The third-order valence-electron chi connectivity index (χ3n) is 4.43. The number of benzene rings is 2. The molecular weight excluding hydrogens is 364 g/mol. The lowest BCUT2D eigenvalue weighted by Crippen LogP contribution is -1.94. The maximum Gasteiger partial charge on any atom is 0.225 e. The summed E-state index contributed by atoms with van der Waals surface area (Å²) in [6.45, 7) is 0. The normalized spacial score (nSPS) is 10.8. The molecule has 0 N–H and O–H groups in total. The van der Waals surface area contributed by atoms with Crippen LogP contribution >= 0.6 is 0 Å². The maximum atomic E-state index is 6.05. The van der Waals surface area contributed by atoms with Crippen LogP contribution in [0.2, 0.25) is 0 Å². The van der Waals surface area contributed by atoms with Crippen molar-refractivity contribution in [3.63, 3.8) is 0 Å². The monoisotopic (exact) mass is 380 g/mol. The number of ether oxygens (including phenoxy) is 1. The standard InChI is InChI=1S/C23H16N4O2/c1-3-18(23-25-11-12-28-23)13-21(5-1)29-22-6-2-4-20(14-22)27-16-19(15-26-27)17-7-9-24-10-8-17/h1-16H. The first kappa shape index (κ1) is 16.9. The van der Waals surface area contributed by atoms with Gasteiger partial charge in [-0.15, -0.1) is 0 Å². The Hall–Kier alpha value is -4.19. The van der Waals surface area contributed by atoms with E-state index in [4.69, 9.17) is 9.15 Å². The van der Waals surface area contributed by atoms with Crippen molar-refractivity contribution in [3.8, 4) is 39.8 Å². The van der Waals surface area contributed by atoms with E-state index in [-0.39, 0.29) is 0 Å². The molecule has 6 heteroatoms. The second-order valence-corrected chi connectivity index (χ2v) is 6.37. The van der Waals surface area contributed by atoms with Gasteiger partial charge in [0.2, 0.25) is 5.89 Å². The summed E-state index contributed by atoms with van der Waals surface area (Å²) in [6, 6.07) is 19.3. The number of hydrogen-bond donors (Lipinski definition) is 0. The molecule has 0 aliphatic rings. The highest BCUT2D eigenvalue weighted by atomic mass is 16.5. The number of aromatic nitrogens is 4. The van der Waals surface area contributed by atoms with Crippen LogP contribution in [0.5, 0.6) is 11.5 Å². The second-order valence-electron chi connectivity index (χ2n) is 6.37.